The van der Waals surface area contributed by atoms with E-state index in [1.807, 2.05) is 0 Å². The van der Waals surface area contributed by atoms with Crippen molar-refractivity contribution in [1.29, 1.82) is 0 Å². The molecule has 0 unspecified atom stereocenters. The zero-order chi connectivity index (χ0) is 8.55. The largest absolute Gasteiger partial charge is 0.460 e. The summed E-state index contributed by atoms with van der Waals surface area (Å²) in [7, 11) is 0. The average molecular weight is 170 g/mol. The maximum absolute atomic E-state index is 11.3. The van der Waals surface area contributed by atoms with Crippen LogP contribution in [0.15, 0.2) is 0 Å². The van der Waals surface area contributed by atoms with Crippen LogP contribution in [0.5, 0.6) is 0 Å². The van der Waals surface area contributed by atoms with Crippen LogP contribution in [-0.4, -0.2) is 25.3 Å². The summed E-state index contributed by atoms with van der Waals surface area (Å²) >= 11 is 0. The quantitative estimate of drug-likeness (QED) is 0.579. The minimum atomic E-state index is -0.0157. The molecule has 68 valence electrons. The normalized spacial score (nSPS) is 39.6. The van der Waals surface area contributed by atoms with Crippen LogP contribution < -0.4 is 0 Å². The number of esters is 1. The van der Waals surface area contributed by atoms with Gasteiger partial charge in [0.05, 0.1) is 19.1 Å². The molecule has 3 atom stereocenters. The monoisotopic (exact) mass is 170 g/mol. The van der Waals surface area contributed by atoms with Crippen molar-refractivity contribution in [1.82, 2.24) is 0 Å². The molecule has 2 aliphatic rings. The lowest BCUT2D eigenvalue weighted by Crippen LogP contribution is -2.19. The first kappa shape index (κ1) is 8.05. The van der Waals surface area contributed by atoms with Crippen LogP contribution in [-0.2, 0) is 14.3 Å². The van der Waals surface area contributed by atoms with Gasteiger partial charge in [-0.2, -0.15) is 0 Å². The average Bonchev–Trinajstić information content (AvgIpc) is 2.58. The minimum Gasteiger partial charge on any atom is -0.460 e. The van der Waals surface area contributed by atoms with E-state index in [1.54, 1.807) is 0 Å². The fourth-order valence-corrected chi connectivity index (χ4v) is 1.51. The molecule has 12 heavy (non-hydrogen) atoms. The van der Waals surface area contributed by atoms with Gasteiger partial charge in [0.1, 0.15) is 6.10 Å². The fraction of sp³-hybridized carbons (Fsp3) is 0.889. The molecule has 2 fully saturated rings. The van der Waals surface area contributed by atoms with Gasteiger partial charge in [-0.3, -0.25) is 4.79 Å². The Bertz CT molecular complexity index is 184. The van der Waals surface area contributed by atoms with Gasteiger partial charge < -0.3 is 9.47 Å². The summed E-state index contributed by atoms with van der Waals surface area (Å²) in [6.45, 7) is 3.40. The Labute approximate surface area is 72.0 Å². The van der Waals surface area contributed by atoms with Crippen molar-refractivity contribution in [2.45, 2.75) is 25.9 Å². The number of hydrogen-bond acceptors (Lipinski definition) is 3. The van der Waals surface area contributed by atoms with Crippen molar-refractivity contribution in [3.05, 3.63) is 0 Å². The zero-order valence-electron chi connectivity index (χ0n) is 7.29. The molecule has 1 saturated carbocycles. The number of rotatable bonds is 2. The molecule has 0 radical (unpaired) electrons. The molecule has 0 aromatic heterocycles. The Hall–Kier alpha value is -0.570. The molecule has 2 rings (SSSR count). The lowest BCUT2D eigenvalue weighted by molar-refractivity contribution is -0.150. The molecule has 0 bridgehead atoms. The van der Waals surface area contributed by atoms with Gasteiger partial charge in [0.15, 0.2) is 0 Å². The van der Waals surface area contributed by atoms with E-state index in [9.17, 15) is 4.79 Å². The predicted octanol–water partition coefficient (Wildman–Crippen LogP) is 0.974. The van der Waals surface area contributed by atoms with E-state index in [1.165, 1.54) is 0 Å². The summed E-state index contributed by atoms with van der Waals surface area (Å²) < 4.78 is 10.3. The van der Waals surface area contributed by atoms with Gasteiger partial charge >= 0.3 is 5.97 Å². The Morgan fingerprint density at radius 3 is 2.83 bits per heavy atom. The first-order valence-corrected chi connectivity index (χ1v) is 4.55. The number of hydrogen-bond donors (Lipinski definition) is 0. The van der Waals surface area contributed by atoms with Crippen LogP contribution >= 0.6 is 0 Å². The number of ether oxygens (including phenoxy) is 2. The van der Waals surface area contributed by atoms with Crippen molar-refractivity contribution >= 4 is 5.97 Å². The molecule has 0 amide bonds. The molecule has 1 aliphatic carbocycles. The minimum absolute atomic E-state index is 0.0157. The second-order valence-electron chi connectivity index (χ2n) is 3.74. The summed E-state index contributed by atoms with van der Waals surface area (Å²) in [4.78, 5) is 11.3. The van der Waals surface area contributed by atoms with Gasteiger partial charge in [0.25, 0.3) is 0 Å². The molecule has 0 spiro atoms. The SMILES string of the molecule is C[C@H]1C[C@@H]1C(=O)O[C@H]1CCOC1. The molecule has 0 aromatic rings. The van der Waals surface area contributed by atoms with E-state index in [2.05, 4.69) is 6.92 Å². The van der Waals surface area contributed by atoms with E-state index >= 15 is 0 Å². The van der Waals surface area contributed by atoms with Crippen LogP contribution in [0.1, 0.15) is 19.8 Å². The molecular weight excluding hydrogens is 156 g/mol. The van der Waals surface area contributed by atoms with Gasteiger partial charge in [0.2, 0.25) is 0 Å². The van der Waals surface area contributed by atoms with Crippen molar-refractivity contribution in [3.8, 4) is 0 Å². The maximum atomic E-state index is 11.3. The third-order valence-electron chi connectivity index (χ3n) is 2.58. The van der Waals surface area contributed by atoms with Gasteiger partial charge in [0, 0.05) is 6.42 Å². The summed E-state index contributed by atoms with van der Waals surface area (Å²) in [6, 6.07) is 0. The zero-order valence-corrected chi connectivity index (χ0v) is 7.29. The van der Waals surface area contributed by atoms with E-state index in [4.69, 9.17) is 9.47 Å². The van der Waals surface area contributed by atoms with Gasteiger partial charge in [-0.05, 0) is 12.3 Å². The third-order valence-corrected chi connectivity index (χ3v) is 2.58. The Kier molecular flexibility index (Phi) is 2.05. The number of carbonyl (C=O) groups is 1. The smallest absolute Gasteiger partial charge is 0.309 e. The highest BCUT2D eigenvalue weighted by Crippen LogP contribution is 2.39. The summed E-state index contributed by atoms with van der Waals surface area (Å²) in [6.07, 6.45) is 1.91. The molecule has 1 saturated heterocycles. The topological polar surface area (TPSA) is 35.5 Å². The highest BCUT2D eigenvalue weighted by Gasteiger charge is 2.41. The lowest BCUT2D eigenvalue weighted by atomic mass is 10.3. The molecule has 1 aliphatic heterocycles. The van der Waals surface area contributed by atoms with Crippen molar-refractivity contribution in [2.75, 3.05) is 13.2 Å². The van der Waals surface area contributed by atoms with Crippen LogP contribution in [0.2, 0.25) is 0 Å². The van der Waals surface area contributed by atoms with Crippen LogP contribution in [0.25, 0.3) is 0 Å². The molecule has 3 heteroatoms. The van der Waals surface area contributed by atoms with E-state index in [-0.39, 0.29) is 18.0 Å². The molecular formula is C9H14O3. The van der Waals surface area contributed by atoms with E-state index in [0.29, 0.717) is 12.5 Å². The second-order valence-corrected chi connectivity index (χ2v) is 3.74. The molecule has 3 nitrogen and oxygen atoms in total. The van der Waals surface area contributed by atoms with Crippen LogP contribution in [0, 0.1) is 11.8 Å². The predicted molar refractivity (Wildman–Crippen MR) is 42.6 cm³/mol. The molecule has 0 aromatic carbocycles. The van der Waals surface area contributed by atoms with Gasteiger partial charge in [-0.15, -0.1) is 0 Å². The van der Waals surface area contributed by atoms with Gasteiger partial charge in [-0.25, -0.2) is 0 Å². The third kappa shape index (κ3) is 1.61. The van der Waals surface area contributed by atoms with Crippen molar-refractivity contribution in [3.63, 3.8) is 0 Å². The number of carbonyl (C=O) groups excluding carboxylic acids is 1. The molecule has 0 N–H and O–H groups in total. The Morgan fingerprint density at radius 2 is 2.33 bits per heavy atom. The van der Waals surface area contributed by atoms with Gasteiger partial charge in [-0.1, -0.05) is 6.92 Å². The maximum Gasteiger partial charge on any atom is 0.309 e. The standard InChI is InChI=1S/C9H14O3/c1-6-4-8(6)9(10)12-7-2-3-11-5-7/h6-8H,2-5H2,1H3/t6-,7-,8-/m0/s1. The second kappa shape index (κ2) is 3.05. The Balaban J connectivity index is 1.75. The lowest BCUT2D eigenvalue weighted by Gasteiger charge is -2.08. The summed E-state index contributed by atoms with van der Waals surface area (Å²) in [5, 5.41) is 0. The first-order chi connectivity index (χ1) is 5.77. The summed E-state index contributed by atoms with van der Waals surface area (Å²) in [5.41, 5.74) is 0. The van der Waals surface area contributed by atoms with Crippen molar-refractivity contribution < 1.29 is 14.3 Å². The van der Waals surface area contributed by atoms with E-state index in [0.717, 1.165) is 19.4 Å². The van der Waals surface area contributed by atoms with Crippen LogP contribution in [0.3, 0.4) is 0 Å². The van der Waals surface area contributed by atoms with E-state index < -0.39 is 0 Å². The summed E-state index contributed by atoms with van der Waals surface area (Å²) in [5.74, 6) is 0.712. The first-order valence-electron chi connectivity index (χ1n) is 4.55. The highest BCUT2D eigenvalue weighted by molar-refractivity contribution is 5.75. The fourth-order valence-electron chi connectivity index (χ4n) is 1.51. The van der Waals surface area contributed by atoms with Crippen molar-refractivity contribution in [2.24, 2.45) is 11.8 Å². The molecule has 1 heterocycles. The van der Waals surface area contributed by atoms with Crippen LogP contribution in [0.4, 0.5) is 0 Å². The Morgan fingerprint density at radius 1 is 1.58 bits per heavy atom. The highest BCUT2D eigenvalue weighted by atomic mass is 16.6.